The molecule has 0 aromatic carbocycles. The predicted molar refractivity (Wildman–Crippen MR) is 84.7 cm³/mol. The lowest BCUT2D eigenvalue weighted by molar-refractivity contribution is -0.0245. The van der Waals surface area contributed by atoms with Crippen LogP contribution in [0.5, 0.6) is 0 Å². The van der Waals surface area contributed by atoms with Gasteiger partial charge in [-0.2, -0.15) is 0 Å². The van der Waals surface area contributed by atoms with E-state index in [1.165, 1.54) is 11.1 Å². The molecule has 0 saturated carbocycles. The zero-order valence-electron chi connectivity index (χ0n) is 12.5. The van der Waals surface area contributed by atoms with Crippen molar-refractivity contribution in [3.05, 3.63) is 45.4 Å². The molecule has 1 aromatic heterocycles. The van der Waals surface area contributed by atoms with Crippen LogP contribution in [0.25, 0.3) is 0 Å². The van der Waals surface area contributed by atoms with Gasteiger partial charge in [0.05, 0.1) is 5.54 Å². The van der Waals surface area contributed by atoms with Crippen LogP contribution in [0.15, 0.2) is 28.6 Å². The summed E-state index contributed by atoms with van der Waals surface area (Å²) in [6.07, 6.45) is 5.37. The molecule has 1 aromatic rings. The first-order valence-corrected chi connectivity index (χ1v) is 8.21. The van der Waals surface area contributed by atoms with Crippen molar-refractivity contribution in [3.8, 4) is 0 Å². The van der Waals surface area contributed by atoms with Gasteiger partial charge in [-0.05, 0) is 50.8 Å². The molecule has 3 nitrogen and oxygen atoms in total. The van der Waals surface area contributed by atoms with Crippen LogP contribution in [0.4, 0.5) is 0 Å². The number of hydrogen-bond acceptors (Lipinski definition) is 2. The van der Waals surface area contributed by atoms with Crippen LogP contribution in [0.2, 0.25) is 0 Å². The normalized spacial score (nSPS) is 38.4. The zero-order valence-corrected chi connectivity index (χ0v) is 13.3. The number of aromatic amines is 1. The van der Waals surface area contributed by atoms with Crippen LogP contribution in [-0.2, 0) is 12.0 Å². The van der Waals surface area contributed by atoms with E-state index in [0.29, 0.717) is 11.8 Å². The number of pyridine rings is 1. The van der Waals surface area contributed by atoms with Gasteiger partial charge in [0.1, 0.15) is 0 Å². The summed E-state index contributed by atoms with van der Waals surface area (Å²) in [5.74, 6) is 0.884. The van der Waals surface area contributed by atoms with Crippen molar-refractivity contribution in [2.75, 3.05) is 13.6 Å². The Balaban J connectivity index is 2.00. The number of rotatable bonds is 0. The third kappa shape index (κ3) is 1.74. The molecule has 4 atom stereocenters. The van der Waals surface area contributed by atoms with Gasteiger partial charge in [-0.1, -0.05) is 11.6 Å². The van der Waals surface area contributed by atoms with Gasteiger partial charge in [0, 0.05) is 29.6 Å². The van der Waals surface area contributed by atoms with E-state index >= 15 is 0 Å². The molecule has 2 aliphatic carbocycles. The highest BCUT2D eigenvalue weighted by molar-refractivity contribution is 6.21. The average molecular weight is 305 g/mol. The number of hydrogen-bond donors (Lipinski definition) is 1. The Morgan fingerprint density at radius 3 is 3.05 bits per heavy atom. The smallest absolute Gasteiger partial charge is 0.248 e. The van der Waals surface area contributed by atoms with E-state index in [2.05, 4.69) is 29.9 Å². The Morgan fingerprint density at radius 1 is 1.43 bits per heavy atom. The van der Waals surface area contributed by atoms with Gasteiger partial charge in [0.2, 0.25) is 5.56 Å². The molecular formula is C17H21ClN2O. The van der Waals surface area contributed by atoms with E-state index in [4.69, 9.17) is 11.6 Å². The molecule has 0 unspecified atom stereocenters. The van der Waals surface area contributed by atoms with Crippen molar-refractivity contribution < 1.29 is 0 Å². The van der Waals surface area contributed by atoms with Crippen molar-refractivity contribution in [3.63, 3.8) is 0 Å². The summed E-state index contributed by atoms with van der Waals surface area (Å²) in [6, 6.07) is 3.71. The van der Waals surface area contributed by atoms with E-state index < -0.39 is 0 Å². The number of piperidine rings is 1. The lowest BCUT2D eigenvalue weighted by Gasteiger charge is -2.60. The van der Waals surface area contributed by atoms with Gasteiger partial charge in [0.25, 0.3) is 0 Å². The maximum absolute atomic E-state index is 11.7. The second-order valence-corrected chi connectivity index (χ2v) is 7.51. The molecule has 2 heterocycles. The SMILES string of the molecule is CC1=C[C@H]2Cc3[nH]c(=O)ccc3[C@@]3(C1)[C@@H]2[C@H](Cl)CCN3C. The maximum Gasteiger partial charge on any atom is 0.248 e. The lowest BCUT2D eigenvalue weighted by atomic mass is 9.56. The first-order valence-electron chi connectivity index (χ1n) is 7.77. The van der Waals surface area contributed by atoms with Crippen molar-refractivity contribution in [1.29, 1.82) is 0 Å². The molecule has 3 aliphatic rings. The van der Waals surface area contributed by atoms with E-state index in [1.807, 2.05) is 6.07 Å². The fourth-order valence-corrected chi connectivity index (χ4v) is 5.56. The molecule has 112 valence electrons. The van der Waals surface area contributed by atoms with Crippen molar-refractivity contribution in [2.45, 2.75) is 37.1 Å². The number of fused-ring (bicyclic) bond motifs is 1. The van der Waals surface area contributed by atoms with Gasteiger partial charge < -0.3 is 4.98 Å². The molecular weight excluding hydrogens is 284 g/mol. The minimum atomic E-state index is -0.0358. The van der Waals surface area contributed by atoms with Crippen LogP contribution in [-0.4, -0.2) is 28.9 Å². The first-order chi connectivity index (χ1) is 10.0. The predicted octanol–water partition coefficient (Wildman–Crippen LogP) is 2.65. The van der Waals surface area contributed by atoms with Gasteiger partial charge in [-0.25, -0.2) is 0 Å². The molecule has 1 saturated heterocycles. The van der Waals surface area contributed by atoms with E-state index in [9.17, 15) is 4.79 Å². The zero-order chi connectivity index (χ0) is 14.8. The molecule has 1 aliphatic heterocycles. The summed E-state index contributed by atoms with van der Waals surface area (Å²) in [6.45, 7) is 3.25. The monoisotopic (exact) mass is 304 g/mol. The Labute approximate surface area is 130 Å². The van der Waals surface area contributed by atoms with Crippen molar-refractivity contribution in [1.82, 2.24) is 9.88 Å². The third-order valence-electron chi connectivity index (χ3n) is 5.78. The Hall–Kier alpha value is -1.06. The van der Waals surface area contributed by atoms with Gasteiger partial charge in [-0.3, -0.25) is 9.69 Å². The second kappa shape index (κ2) is 4.47. The highest BCUT2D eigenvalue weighted by Gasteiger charge is 2.57. The molecule has 4 heteroatoms. The molecule has 0 amide bonds. The maximum atomic E-state index is 11.7. The van der Waals surface area contributed by atoms with Crippen LogP contribution in [0.3, 0.4) is 0 Å². The van der Waals surface area contributed by atoms with Crippen LogP contribution in [0, 0.1) is 11.8 Å². The molecule has 4 rings (SSSR count). The summed E-state index contributed by atoms with van der Waals surface area (Å²) in [7, 11) is 2.21. The number of nitrogens with zero attached hydrogens (tertiary/aromatic N) is 1. The summed E-state index contributed by atoms with van der Waals surface area (Å²) >= 11 is 6.77. The Bertz CT molecular complexity index is 680. The molecule has 1 fully saturated rings. The van der Waals surface area contributed by atoms with E-state index in [1.54, 1.807) is 6.07 Å². The summed E-state index contributed by atoms with van der Waals surface area (Å²) < 4.78 is 0. The number of alkyl halides is 1. The highest BCUT2D eigenvalue weighted by atomic mass is 35.5. The quantitative estimate of drug-likeness (QED) is 0.591. The van der Waals surface area contributed by atoms with Gasteiger partial charge >= 0.3 is 0 Å². The minimum Gasteiger partial charge on any atom is -0.326 e. The summed E-state index contributed by atoms with van der Waals surface area (Å²) in [5, 5.41) is 0.218. The standard InChI is InChI=1S/C17H21ClN2O/c1-10-7-11-8-14-12(3-4-15(21)19-14)17(9-10)16(11)13(18)5-6-20(17)2/h3-4,7,11,13,16H,5-6,8-9H2,1-2H3,(H,19,21)/t11-,13+,16-,17-/m0/s1. The molecule has 2 bridgehead atoms. The van der Waals surface area contributed by atoms with Gasteiger partial charge in [-0.15, -0.1) is 11.6 Å². The lowest BCUT2D eigenvalue weighted by Crippen LogP contribution is -2.62. The largest absolute Gasteiger partial charge is 0.326 e. The number of nitrogens with one attached hydrogen (secondary N) is 1. The number of allylic oxidation sites excluding steroid dienone is 1. The fourth-order valence-electron chi connectivity index (χ4n) is 5.06. The van der Waals surface area contributed by atoms with Crippen molar-refractivity contribution in [2.24, 2.45) is 11.8 Å². The number of halogens is 1. The Morgan fingerprint density at radius 2 is 2.24 bits per heavy atom. The topological polar surface area (TPSA) is 36.1 Å². The van der Waals surface area contributed by atoms with Crippen LogP contribution < -0.4 is 5.56 Å². The minimum absolute atomic E-state index is 0.00302. The molecule has 0 spiro atoms. The molecule has 21 heavy (non-hydrogen) atoms. The first kappa shape index (κ1) is 13.6. The summed E-state index contributed by atoms with van der Waals surface area (Å²) in [4.78, 5) is 17.3. The Kier molecular flexibility index (Phi) is 2.89. The number of likely N-dealkylation sites (tertiary alicyclic amines) is 1. The molecule has 0 radical (unpaired) electrons. The average Bonchev–Trinajstić information content (AvgIpc) is 2.41. The van der Waals surface area contributed by atoms with E-state index in [0.717, 1.165) is 31.5 Å². The van der Waals surface area contributed by atoms with Gasteiger partial charge in [0.15, 0.2) is 0 Å². The summed E-state index contributed by atoms with van der Waals surface area (Å²) in [5.41, 5.74) is 3.83. The fraction of sp³-hybridized carbons (Fsp3) is 0.588. The van der Waals surface area contributed by atoms with E-state index in [-0.39, 0.29) is 16.5 Å². The van der Waals surface area contributed by atoms with Crippen molar-refractivity contribution >= 4 is 11.6 Å². The molecule has 1 N–H and O–H groups in total. The van der Waals surface area contributed by atoms with Crippen LogP contribution >= 0.6 is 11.6 Å². The number of aromatic nitrogens is 1. The number of H-pyrrole nitrogens is 1. The third-order valence-corrected chi connectivity index (χ3v) is 6.27. The van der Waals surface area contributed by atoms with Crippen LogP contribution in [0.1, 0.15) is 31.0 Å². The highest BCUT2D eigenvalue weighted by Crippen LogP contribution is 2.57. The second-order valence-electron chi connectivity index (χ2n) is 6.95.